The number of nitrogens with one attached hydrogen (secondary N) is 2. The number of aromatic nitrogens is 4. The molecule has 0 spiro atoms. The topological polar surface area (TPSA) is 114 Å². The van der Waals surface area contributed by atoms with Crippen molar-refractivity contribution in [2.75, 3.05) is 30.8 Å². The number of hydrogen-bond donors (Lipinski definition) is 3. The Morgan fingerprint density at radius 3 is 3.03 bits per heavy atom. The third-order valence-corrected chi connectivity index (χ3v) is 5.40. The standard InChI is InChI=1S/C20H24ClFN8O/c1-2-5-24-20(31)29-6-3-4-13(10-29)27-18-16(22)9-25-17(28-18)15-11-30(23)19-14(15)7-12(21)8-26-19/h7-9,11,13H,2-6,10,23H2,1H3,(H,24,31)(H,25,27,28)/t13-/m1/s1. The molecule has 4 rings (SSSR count). The zero-order chi connectivity index (χ0) is 22.0. The first-order chi connectivity index (χ1) is 15.0. The van der Waals surface area contributed by atoms with Crippen molar-refractivity contribution in [3.05, 3.63) is 35.5 Å². The predicted molar refractivity (Wildman–Crippen MR) is 118 cm³/mol. The molecule has 9 nitrogen and oxygen atoms in total. The second-order valence-corrected chi connectivity index (χ2v) is 7.96. The van der Waals surface area contributed by atoms with Crippen molar-refractivity contribution >= 4 is 34.5 Å². The molecule has 0 aromatic carbocycles. The third kappa shape index (κ3) is 4.48. The van der Waals surface area contributed by atoms with Gasteiger partial charge in [0.15, 0.2) is 23.1 Å². The summed E-state index contributed by atoms with van der Waals surface area (Å²) < 4.78 is 15.9. The second kappa shape index (κ2) is 8.93. The first-order valence-corrected chi connectivity index (χ1v) is 10.6. The van der Waals surface area contributed by atoms with Gasteiger partial charge >= 0.3 is 6.03 Å². The lowest BCUT2D eigenvalue weighted by Gasteiger charge is -2.33. The number of fused-ring (bicyclic) bond motifs is 1. The number of nitrogen functional groups attached to an aromatic ring is 1. The van der Waals surface area contributed by atoms with E-state index in [0.717, 1.165) is 25.5 Å². The van der Waals surface area contributed by atoms with E-state index in [9.17, 15) is 9.18 Å². The molecule has 0 radical (unpaired) electrons. The van der Waals surface area contributed by atoms with E-state index in [0.29, 0.717) is 47.1 Å². The summed E-state index contributed by atoms with van der Waals surface area (Å²) in [6, 6.07) is 1.50. The number of nitrogens with zero attached hydrogens (tertiary/aromatic N) is 5. The van der Waals surface area contributed by atoms with E-state index >= 15 is 0 Å². The normalized spacial score (nSPS) is 16.5. The molecule has 1 aliphatic heterocycles. The van der Waals surface area contributed by atoms with Crippen LogP contribution in [0.15, 0.2) is 24.7 Å². The smallest absolute Gasteiger partial charge is 0.317 e. The van der Waals surface area contributed by atoms with Crippen molar-refractivity contribution in [2.24, 2.45) is 0 Å². The maximum absolute atomic E-state index is 14.5. The van der Waals surface area contributed by atoms with Crippen molar-refractivity contribution in [1.29, 1.82) is 0 Å². The van der Waals surface area contributed by atoms with Gasteiger partial charge in [-0.05, 0) is 25.3 Å². The van der Waals surface area contributed by atoms with Crippen LogP contribution in [0.3, 0.4) is 0 Å². The summed E-state index contributed by atoms with van der Waals surface area (Å²) in [7, 11) is 0. The van der Waals surface area contributed by atoms with Gasteiger partial charge in [0.2, 0.25) is 0 Å². The molecule has 11 heteroatoms. The zero-order valence-electron chi connectivity index (χ0n) is 17.1. The highest BCUT2D eigenvalue weighted by atomic mass is 35.5. The summed E-state index contributed by atoms with van der Waals surface area (Å²) >= 11 is 6.08. The number of hydrogen-bond acceptors (Lipinski definition) is 6. The van der Waals surface area contributed by atoms with Gasteiger partial charge in [0.25, 0.3) is 0 Å². The average Bonchev–Trinajstić information content (AvgIpc) is 3.09. The monoisotopic (exact) mass is 446 g/mol. The average molecular weight is 447 g/mol. The predicted octanol–water partition coefficient (Wildman–Crippen LogP) is 3.00. The van der Waals surface area contributed by atoms with Crippen LogP contribution in [0.4, 0.5) is 15.0 Å². The zero-order valence-corrected chi connectivity index (χ0v) is 17.9. The number of pyridine rings is 1. The van der Waals surface area contributed by atoms with Crippen LogP contribution in [-0.2, 0) is 0 Å². The highest BCUT2D eigenvalue weighted by Crippen LogP contribution is 2.29. The van der Waals surface area contributed by atoms with Gasteiger partial charge in [-0.25, -0.2) is 24.1 Å². The Morgan fingerprint density at radius 2 is 2.23 bits per heavy atom. The molecule has 4 heterocycles. The largest absolute Gasteiger partial charge is 0.363 e. The maximum atomic E-state index is 14.5. The molecule has 0 saturated carbocycles. The Morgan fingerprint density at radius 1 is 1.39 bits per heavy atom. The molecule has 1 atom stereocenters. The van der Waals surface area contributed by atoms with E-state index in [1.807, 2.05) is 6.92 Å². The highest BCUT2D eigenvalue weighted by molar-refractivity contribution is 6.31. The van der Waals surface area contributed by atoms with Gasteiger partial charge < -0.3 is 21.4 Å². The van der Waals surface area contributed by atoms with E-state index in [2.05, 4.69) is 25.6 Å². The van der Waals surface area contributed by atoms with E-state index in [1.165, 1.54) is 10.9 Å². The first-order valence-electron chi connectivity index (χ1n) is 10.2. The summed E-state index contributed by atoms with van der Waals surface area (Å²) in [5, 5.41) is 7.14. The SMILES string of the molecule is CCCNC(=O)N1CCC[C@@H](Nc2nc(-c3cn(N)c4ncc(Cl)cc34)ncc2F)C1. The number of urea groups is 1. The second-order valence-electron chi connectivity index (χ2n) is 7.53. The number of amides is 2. The Bertz CT molecular complexity index is 1100. The lowest BCUT2D eigenvalue weighted by molar-refractivity contribution is 0.182. The van der Waals surface area contributed by atoms with Crippen LogP contribution in [0.1, 0.15) is 26.2 Å². The van der Waals surface area contributed by atoms with Gasteiger partial charge in [-0.3, -0.25) is 4.68 Å². The molecule has 1 aliphatic rings. The lowest BCUT2D eigenvalue weighted by Crippen LogP contribution is -2.49. The van der Waals surface area contributed by atoms with Gasteiger partial charge in [0.05, 0.1) is 11.2 Å². The van der Waals surface area contributed by atoms with Crippen LogP contribution in [-0.4, -0.2) is 56.2 Å². The van der Waals surface area contributed by atoms with Gasteiger partial charge in [-0.2, -0.15) is 0 Å². The maximum Gasteiger partial charge on any atom is 0.317 e. The first kappa shape index (κ1) is 21.1. The van der Waals surface area contributed by atoms with Gasteiger partial charge in [-0.1, -0.05) is 18.5 Å². The molecule has 0 unspecified atom stereocenters. The van der Waals surface area contributed by atoms with Crippen molar-refractivity contribution < 1.29 is 9.18 Å². The number of likely N-dealkylation sites (tertiary alicyclic amines) is 1. The highest BCUT2D eigenvalue weighted by Gasteiger charge is 2.25. The Kier molecular flexibility index (Phi) is 6.08. The number of anilines is 1. The van der Waals surface area contributed by atoms with Crippen LogP contribution < -0.4 is 16.5 Å². The quantitative estimate of drug-likeness (QED) is 0.519. The molecule has 2 amide bonds. The molecule has 1 fully saturated rings. The van der Waals surface area contributed by atoms with E-state index in [1.54, 1.807) is 17.2 Å². The summed E-state index contributed by atoms with van der Waals surface area (Å²) in [6.07, 6.45) is 6.75. The molecule has 1 saturated heterocycles. The number of nitrogens with two attached hydrogens (primary N) is 1. The minimum Gasteiger partial charge on any atom is -0.363 e. The molecular weight excluding hydrogens is 423 g/mol. The molecule has 3 aromatic rings. The third-order valence-electron chi connectivity index (χ3n) is 5.20. The fourth-order valence-corrected chi connectivity index (χ4v) is 3.86. The molecular formula is C20H24ClFN8O. The van der Waals surface area contributed by atoms with Gasteiger partial charge in [-0.15, -0.1) is 0 Å². The summed E-state index contributed by atoms with van der Waals surface area (Å²) in [6.45, 7) is 3.78. The minimum atomic E-state index is -0.566. The fourth-order valence-electron chi connectivity index (χ4n) is 3.70. The van der Waals surface area contributed by atoms with Crippen molar-refractivity contribution in [3.63, 3.8) is 0 Å². The number of halogens is 2. The van der Waals surface area contributed by atoms with Crippen LogP contribution in [0.5, 0.6) is 0 Å². The number of piperidine rings is 1. The lowest BCUT2D eigenvalue weighted by atomic mass is 10.1. The Labute approximate surface area is 183 Å². The summed E-state index contributed by atoms with van der Waals surface area (Å²) in [5.74, 6) is 5.80. The minimum absolute atomic E-state index is 0.0822. The molecule has 4 N–H and O–H groups in total. The van der Waals surface area contributed by atoms with Crippen molar-refractivity contribution in [2.45, 2.75) is 32.2 Å². The summed E-state index contributed by atoms with van der Waals surface area (Å²) in [5.41, 5.74) is 1.11. The van der Waals surface area contributed by atoms with Crippen LogP contribution in [0.2, 0.25) is 5.02 Å². The Hall–Kier alpha value is -3.14. The Balaban J connectivity index is 1.57. The van der Waals surface area contributed by atoms with Crippen molar-refractivity contribution in [1.82, 2.24) is 29.8 Å². The van der Waals surface area contributed by atoms with E-state index < -0.39 is 5.82 Å². The molecule has 31 heavy (non-hydrogen) atoms. The van der Waals surface area contributed by atoms with Gasteiger partial charge in [0.1, 0.15) is 0 Å². The van der Waals surface area contributed by atoms with Crippen molar-refractivity contribution in [3.8, 4) is 11.4 Å². The number of rotatable bonds is 5. The van der Waals surface area contributed by atoms with Gasteiger partial charge in [0, 0.05) is 49.0 Å². The van der Waals surface area contributed by atoms with Crippen LogP contribution in [0, 0.1) is 5.82 Å². The van der Waals surface area contributed by atoms with Crippen LogP contribution >= 0.6 is 11.6 Å². The molecule has 3 aromatic heterocycles. The van der Waals surface area contributed by atoms with Crippen LogP contribution in [0.25, 0.3) is 22.4 Å². The van der Waals surface area contributed by atoms with E-state index in [-0.39, 0.29) is 17.9 Å². The fraction of sp³-hybridized carbons (Fsp3) is 0.400. The number of carbonyl (C=O) groups is 1. The van der Waals surface area contributed by atoms with E-state index in [4.69, 9.17) is 17.4 Å². The molecule has 0 bridgehead atoms. The molecule has 164 valence electrons. The summed E-state index contributed by atoms with van der Waals surface area (Å²) in [4.78, 5) is 26.8. The molecule has 0 aliphatic carbocycles. The number of carbonyl (C=O) groups excluding carboxylic acids is 1.